The average Bonchev–Trinajstić information content (AvgIpc) is 2.61. The van der Waals surface area contributed by atoms with Crippen LogP contribution in [-0.2, 0) is 13.1 Å². The van der Waals surface area contributed by atoms with Crippen LogP contribution in [0.5, 0.6) is 0 Å². The molecule has 21 heavy (non-hydrogen) atoms. The van der Waals surface area contributed by atoms with Crippen molar-refractivity contribution < 1.29 is 0 Å². The molecule has 0 aromatic carbocycles. The number of aromatic nitrogens is 1. The third kappa shape index (κ3) is 5.38. The van der Waals surface area contributed by atoms with Gasteiger partial charge in [-0.1, -0.05) is 13.0 Å². The summed E-state index contributed by atoms with van der Waals surface area (Å²) in [5.74, 6) is 0. The second kappa shape index (κ2) is 8.47. The molecule has 1 aromatic rings. The van der Waals surface area contributed by atoms with Crippen molar-refractivity contribution in [1.29, 1.82) is 0 Å². The number of hydrogen-bond acceptors (Lipinski definition) is 4. The van der Waals surface area contributed by atoms with Gasteiger partial charge in [0.2, 0.25) is 0 Å². The zero-order valence-corrected chi connectivity index (χ0v) is 13.8. The van der Waals surface area contributed by atoms with Gasteiger partial charge in [0.25, 0.3) is 0 Å². The van der Waals surface area contributed by atoms with Gasteiger partial charge in [-0.15, -0.1) is 0 Å². The van der Waals surface area contributed by atoms with Gasteiger partial charge in [0.05, 0.1) is 11.4 Å². The van der Waals surface area contributed by atoms with Gasteiger partial charge < -0.3 is 10.2 Å². The van der Waals surface area contributed by atoms with Gasteiger partial charge in [-0.05, 0) is 52.0 Å². The molecule has 1 aliphatic rings. The molecule has 0 spiro atoms. The molecule has 0 bridgehead atoms. The van der Waals surface area contributed by atoms with Crippen LogP contribution in [0.1, 0.15) is 38.1 Å². The zero-order valence-electron chi connectivity index (χ0n) is 13.8. The number of pyridine rings is 1. The first kappa shape index (κ1) is 16.4. The second-order valence-corrected chi connectivity index (χ2v) is 6.23. The fourth-order valence-corrected chi connectivity index (χ4v) is 2.97. The summed E-state index contributed by atoms with van der Waals surface area (Å²) in [5, 5.41) is 3.42. The molecule has 1 N–H and O–H groups in total. The Morgan fingerprint density at radius 1 is 1.29 bits per heavy atom. The van der Waals surface area contributed by atoms with Gasteiger partial charge in [0.15, 0.2) is 0 Å². The molecule has 1 saturated heterocycles. The molecule has 0 aliphatic carbocycles. The predicted molar refractivity (Wildman–Crippen MR) is 88.2 cm³/mol. The lowest BCUT2D eigenvalue weighted by Gasteiger charge is -2.27. The van der Waals surface area contributed by atoms with E-state index in [0.29, 0.717) is 6.04 Å². The molecule has 4 nitrogen and oxygen atoms in total. The topological polar surface area (TPSA) is 31.4 Å². The highest BCUT2D eigenvalue weighted by atomic mass is 15.2. The van der Waals surface area contributed by atoms with E-state index in [1.54, 1.807) is 0 Å². The lowest BCUT2D eigenvalue weighted by Crippen LogP contribution is -2.37. The molecule has 1 fully saturated rings. The third-order valence-electron chi connectivity index (χ3n) is 4.15. The fourth-order valence-electron chi connectivity index (χ4n) is 2.97. The maximum absolute atomic E-state index is 4.80. The van der Waals surface area contributed by atoms with Crippen LogP contribution < -0.4 is 5.32 Å². The maximum atomic E-state index is 4.80. The van der Waals surface area contributed by atoms with Crippen molar-refractivity contribution in [3.05, 3.63) is 29.6 Å². The Labute approximate surface area is 129 Å². The molecule has 2 heterocycles. The summed E-state index contributed by atoms with van der Waals surface area (Å²) in [6.07, 6.45) is 2.41. The SMILES string of the molecule is CCCNCc1cccc(CN2CCCN(C)CC2C)n1. The third-order valence-corrected chi connectivity index (χ3v) is 4.15. The molecular formula is C17H30N4. The Hall–Kier alpha value is -0.970. The lowest BCUT2D eigenvalue weighted by molar-refractivity contribution is 0.192. The number of nitrogens with one attached hydrogen (secondary N) is 1. The van der Waals surface area contributed by atoms with E-state index in [-0.39, 0.29) is 0 Å². The van der Waals surface area contributed by atoms with Crippen molar-refractivity contribution in [3.8, 4) is 0 Å². The Kier molecular flexibility index (Phi) is 6.61. The van der Waals surface area contributed by atoms with Gasteiger partial charge in [-0.25, -0.2) is 0 Å². The highest BCUT2D eigenvalue weighted by molar-refractivity contribution is 5.11. The summed E-state index contributed by atoms with van der Waals surface area (Å²) in [7, 11) is 2.22. The molecule has 0 saturated carbocycles. The molecule has 0 radical (unpaired) electrons. The van der Waals surface area contributed by atoms with Gasteiger partial charge in [0, 0.05) is 32.2 Å². The van der Waals surface area contributed by atoms with Gasteiger partial charge >= 0.3 is 0 Å². The fraction of sp³-hybridized carbons (Fsp3) is 0.706. The minimum absolute atomic E-state index is 0.598. The van der Waals surface area contributed by atoms with Crippen LogP contribution in [0.3, 0.4) is 0 Å². The predicted octanol–water partition coefficient (Wildman–Crippen LogP) is 2.11. The first-order valence-corrected chi connectivity index (χ1v) is 8.27. The number of nitrogens with zero attached hydrogens (tertiary/aromatic N) is 3. The normalized spacial score (nSPS) is 21.4. The van der Waals surface area contributed by atoms with Gasteiger partial charge in [0.1, 0.15) is 0 Å². The van der Waals surface area contributed by atoms with Gasteiger partial charge in [-0.3, -0.25) is 9.88 Å². The maximum Gasteiger partial charge on any atom is 0.0547 e. The van der Waals surface area contributed by atoms with E-state index >= 15 is 0 Å². The van der Waals surface area contributed by atoms with Crippen LogP contribution >= 0.6 is 0 Å². The van der Waals surface area contributed by atoms with E-state index in [1.807, 2.05) is 0 Å². The Morgan fingerprint density at radius 3 is 2.90 bits per heavy atom. The highest BCUT2D eigenvalue weighted by Crippen LogP contribution is 2.12. The molecule has 0 amide bonds. The molecule has 1 aromatic heterocycles. The Balaban J connectivity index is 1.93. The van der Waals surface area contributed by atoms with E-state index in [1.165, 1.54) is 31.6 Å². The molecule has 4 heteroatoms. The van der Waals surface area contributed by atoms with Crippen molar-refractivity contribution in [3.63, 3.8) is 0 Å². The van der Waals surface area contributed by atoms with Crippen molar-refractivity contribution in [2.24, 2.45) is 0 Å². The van der Waals surface area contributed by atoms with E-state index in [9.17, 15) is 0 Å². The summed E-state index contributed by atoms with van der Waals surface area (Å²) in [6.45, 7) is 10.9. The average molecular weight is 290 g/mol. The summed E-state index contributed by atoms with van der Waals surface area (Å²) in [5.41, 5.74) is 2.35. The largest absolute Gasteiger partial charge is 0.311 e. The molecule has 1 atom stereocenters. The number of hydrogen-bond donors (Lipinski definition) is 1. The highest BCUT2D eigenvalue weighted by Gasteiger charge is 2.19. The van der Waals surface area contributed by atoms with E-state index < -0.39 is 0 Å². The van der Waals surface area contributed by atoms with E-state index in [2.05, 4.69) is 54.2 Å². The van der Waals surface area contributed by atoms with Crippen LogP contribution in [0, 0.1) is 0 Å². The first-order valence-electron chi connectivity index (χ1n) is 8.27. The zero-order chi connectivity index (χ0) is 15.1. The molecule has 1 aliphatic heterocycles. The molecule has 2 rings (SSSR count). The Bertz CT molecular complexity index is 421. The van der Waals surface area contributed by atoms with Gasteiger partial charge in [-0.2, -0.15) is 0 Å². The summed E-state index contributed by atoms with van der Waals surface area (Å²) < 4.78 is 0. The molecule has 1 unspecified atom stereocenters. The minimum atomic E-state index is 0.598. The monoisotopic (exact) mass is 290 g/mol. The van der Waals surface area contributed by atoms with Crippen molar-refractivity contribution in [2.75, 3.05) is 33.2 Å². The number of rotatable bonds is 6. The minimum Gasteiger partial charge on any atom is -0.311 e. The lowest BCUT2D eigenvalue weighted by atomic mass is 10.2. The molecular weight excluding hydrogens is 260 g/mol. The summed E-state index contributed by atoms with van der Waals surface area (Å²) >= 11 is 0. The summed E-state index contributed by atoms with van der Waals surface area (Å²) in [4.78, 5) is 9.80. The van der Waals surface area contributed by atoms with Crippen molar-refractivity contribution in [1.82, 2.24) is 20.1 Å². The van der Waals surface area contributed by atoms with Crippen LogP contribution in [0.2, 0.25) is 0 Å². The Morgan fingerprint density at radius 2 is 2.10 bits per heavy atom. The van der Waals surface area contributed by atoms with Crippen LogP contribution in [0.25, 0.3) is 0 Å². The second-order valence-electron chi connectivity index (χ2n) is 6.23. The smallest absolute Gasteiger partial charge is 0.0547 e. The quantitative estimate of drug-likeness (QED) is 0.813. The van der Waals surface area contributed by atoms with E-state index in [4.69, 9.17) is 4.98 Å². The number of likely N-dealkylation sites (N-methyl/N-ethyl adjacent to an activating group) is 1. The van der Waals surface area contributed by atoms with Crippen molar-refractivity contribution >= 4 is 0 Å². The van der Waals surface area contributed by atoms with E-state index in [0.717, 1.165) is 31.9 Å². The van der Waals surface area contributed by atoms with Crippen LogP contribution in [0.4, 0.5) is 0 Å². The summed E-state index contributed by atoms with van der Waals surface area (Å²) in [6, 6.07) is 7.01. The standard InChI is InChI=1S/C17H30N4/c1-4-9-18-12-16-7-5-8-17(19-16)14-21-11-6-10-20(3)13-15(21)2/h5,7-8,15,18H,4,6,9-14H2,1-3H3. The first-order chi connectivity index (χ1) is 10.2. The molecule has 118 valence electrons. The van der Waals surface area contributed by atoms with Crippen LogP contribution in [-0.4, -0.2) is 54.1 Å². The van der Waals surface area contributed by atoms with Crippen molar-refractivity contribution in [2.45, 2.75) is 45.8 Å². The van der Waals surface area contributed by atoms with Crippen LogP contribution in [0.15, 0.2) is 18.2 Å².